The predicted octanol–water partition coefficient (Wildman–Crippen LogP) is 3.62. The van der Waals surface area contributed by atoms with Gasteiger partial charge in [0.1, 0.15) is 0 Å². The van der Waals surface area contributed by atoms with Crippen molar-refractivity contribution in [3.8, 4) is 0 Å². The molecular weight excluding hydrogens is 178 g/mol. The van der Waals surface area contributed by atoms with E-state index >= 15 is 0 Å². The van der Waals surface area contributed by atoms with E-state index in [1.165, 1.54) is 6.92 Å². The molecule has 0 aliphatic carbocycles. The molecule has 2 nitrogen and oxygen atoms in total. The molecule has 0 aliphatic heterocycles. The summed E-state index contributed by atoms with van der Waals surface area (Å²) in [6, 6.07) is 0. The summed E-state index contributed by atoms with van der Waals surface area (Å²) in [7, 11) is -3.83. The highest BCUT2D eigenvalue weighted by molar-refractivity contribution is 7.53. The average Bonchev–Trinajstić information content (AvgIpc) is 1.85. The summed E-state index contributed by atoms with van der Waals surface area (Å²) in [5.74, 6) is 0. The summed E-state index contributed by atoms with van der Waals surface area (Å²) in [6.07, 6.45) is -0.374. The molecule has 0 aliphatic rings. The van der Waals surface area contributed by atoms with Crippen molar-refractivity contribution in [1.29, 1.82) is 0 Å². The zero-order chi connectivity index (χ0) is 9.99. The van der Waals surface area contributed by atoms with Gasteiger partial charge in [0.25, 0.3) is 0 Å². The Bertz CT molecular complexity index is 186. The van der Waals surface area contributed by atoms with Gasteiger partial charge in [-0.3, -0.25) is 4.57 Å². The van der Waals surface area contributed by atoms with Gasteiger partial charge in [-0.15, -0.1) is 0 Å². The summed E-state index contributed by atoms with van der Waals surface area (Å²) in [5.41, 5.74) is -0.170. The highest BCUT2D eigenvalue weighted by atomic mass is 31.2. The van der Waals surface area contributed by atoms with Gasteiger partial charge in [-0.25, -0.2) is 0 Å². The minimum atomic E-state index is -3.83. The molecule has 0 aromatic rings. The van der Waals surface area contributed by atoms with E-state index in [1.807, 2.05) is 20.8 Å². The Morgan fingerprint density at radius 3 is 2.17 bits per heavy atom. The molecule has 0 amide bonds. The molecule has 0 bridgehead atoms. The monoisotopic (exact) mass is 196 g/mol. The van der Waals surface area contributed by atoms with Crippen LogP contribution in [0, 0.1) is 5.41 Å². The molecule has 0 radical (unpaired) electrons. The Labute approximate surface area is 74.1 Å². The molecule has 0 saturated heterocycles. The summed E-state index contributed by atoms with van der Waals surface area (Å²) in [5, 5.41) is 0. The molecule has 0 rings (SSSR count). The number of hydrogen-bond donors (Lipinski definition) is 0. The van der Waals surface area contributed by atoms with Gasteiger partial charge in [-0.05, 0) is 12.3 Å². The third-order valence-electron chi connectivity index (χ3n) is 1.91. The van der Waals surface area contributed by atoms with Crippen molar-refractivity contribution in [1.82, 2.24) is 0 Å². The van der Waals surface area contributed by atoms with Crippen LogP contribution >= 0.6 is 7.68 Å². The minimum absolute atomic E-state index is 0.0482. The molecule has 0 aromatic carbocycles. The lowest BCUT2D eigenvalue weighted by molar-refractivity contribution is 0.0976. The first-order valence-corrected chi connectivity index (χ1v) is 5.86. The second kappa shape index (κ2) is 3.89. The van der Waals surface area contributed by atoms with Gasteiger partial charge >= 0.3 is 7.68 Å². The molecule has 0 N–H and O–H groups in total. The average molecular weight is 196 g/mol. The zero-order valence-corrected chi connectivity index (χ0v) is 9.32. The molecule has 12 heavy (non-hydrogen) atoms. The Balaban J connectivity index is 4.19. The van der Waals surface area contributed by atoms with Crippen molar-refractivity contribution in [2.75, 3.05) is 6.16 Å². The van der Waals surface area contributed by atoms with Crippen LogP contribution in [0.15, 0.2) is 0 Å². The van der Waals surface area contributed by atoms with Crippen molar-refractivity contribution in [3.63, 3.8) is 0 Å². The fraction of sp³-hybridized carbons (Fsp3) is 1.00. The Kier molecular flexibility index (Phi) is 3.92. The molecular formula is C8H18FO2P. The number of rotatable bonds is 3. The smallest absolute Gasteiger partial charge is 0.302 e. The quantitative estimate of drug-likeness (QED) is 0.644. The zero-order valence-electron chi connectivity index (χ0n) is 8.43. The summed E-state index contributed by atoms with van der Waals surface area (Å²) in [6.45, 7) is 9.03. The van der Waals surface area contributed by atoms with Crippen molar-refractivity contribution >= 4 is 7.68 Å². The lowest BCUT2D eigenvalue weighted by atomic mass is 9.91. The van der Waals surface area contributed by atoms with Gasteiger partial charge < -0.3 is 4.52 Å². The van der Waals surface area contributed by atoms with Crippen LogP contribution in [0.2, 0.25) is 0 Å². The SMILES string of the molecule is CCP(=O)(F)OC(C)C(C)(C)C. The maximum atomic E-state index is 12.9. The first-order valence-electron chi connectivity index (χ1n) is 4.16. The molecule has 0 saturated carbocycles. The Morgan fingerprint density at radius 1 is 1.50 bits per heavy atom. The fourth-order valence-corrected chi connectivity index (χ4v) is 1.41. The second-order valence-corrected chi connectivity index (χ2v) is 6.04. The van der Waals surface area contributed by atoms with Crippen LogP contribution in [0.5, 0.6) is 0 Å². The van der Waals surface area contributed by atoms with Gasteiger partial charge in [0.2, 0.25) is 0 Å². The maximum Gasteiger partial charge on any atom is 0.367 e. The molecule has 74 valence electrons. The van der Waals surface area contributed by atoms with Crippen LogP contribution in [-0.2, 0) is 9.09 Å². The van der Waals surface area contributed by atoms with E-state index < -0.39 is 7.68 Å². The van der Waals surface area contributed by atoms with Crippen molar-refractivity contribution in [3.05, 3.63) is 0 Å². The highest BCUT2D eigenvalue weighted by Gasteiger charge is 2.29. The van der Waals surface area contributed by atoms with Crippen LogP contribution in [0.25, 0.3) is 0 Å². The molecule has 0 fully saturated rings. The molecule has 4 heteroatoms. The van der Waals surface area contributed by atoms with E-state index in [1.54, 1.807) is 6.92 Å². The van der Waals surface area contributed by atoms with Crippen LogP contribution in [0.1, 0.15) is 34.6 Å². The van der Waals surface area contributed by atoms with E-state index in [9.17, 15) is 8.76 Å². The van der Waals surface area contributed by atoms with Gasteiger partial charge in [-0.1, -0.05) is 27.7 Å². The Hall–Kier alpha value is 0.120. The van der Waals surface area contributed by atoms with Crippen LogP contribution < -0.4 is 0 Å². The van der Waals surface area contributed by atoms with Crippen molar-refractivity contribution < 1.29 is 13.3 Å². The largest absolute Gasteiger partial charge is 0.367 e. The van der Waals surface area contributed by atoms with Gasteiger partial charge in [0, 0.05) is 0 Å². The highest BCUT2D eigenvalue weighted by Crippen LogP contribution is 2.51. The summed E-state index contributed by atoms with van der Waals surface area (Å²) < 4.78 is 28.7. The van der Waals surface area contributed by atoms with Gasteiger partial charge in [-0.2, -0.15) is 4.20 Å². The van der Waals surface area contributed by atoms with E-state index in [-0.39, 0.29) is 17.7 Å². The third-order valence-corrected chi connectivity index (χ3v) is 3.30. The van der Waals surface area contributed by atoms with Crippen molar-refractivity contribution in [2.24, 2.45) is 5.41 Å². The maximum absolute atomic E-state index is 12.9. The van der Waals surface area contributed by atoms with Crippen LogP contribution in [0.3, 0.4) is 0 Å². The molecule has 0 heterocycles. The number of hydrogen-bond acceptors (Lipinski definition) is 2. The molecule has 2 atom stereocenters. The van der Waals surface area contributed by atoms with E-state index in [0.717, 1.165) is 0 Å². The van der Waals surface area contributed by atoms with E-state index in [0.29, 0.717) is 0 Å². The lowest BCUT2D eigenvalue weighted by Crippen LogP contribution is -2.24. The summed E-state index contributed by atoms with van der Waals surface area (Å²) >= 11 is 0. The topological polar surface area (TPSA) is 26.3 Å². The predicted molar refractivity (Wildman–Crippen MR) is 49.3 cm³/mol. The van der Waals surface area contributed by atoms with E-state index in [2.05, 4.69) is 0 Å². The lowest BCUT2D eigenvalue weighted by Gasteiger charge is -2.27. The fourth-order valence-electron chi connectivity index (χ4n) is 0.469. The number of halogens is 1. The van der Waals surface area contributed by atoms with Crippen LogP contribution in [-0.4, -0.2) is 12.3 Å². The van der Waals surface area contributed by atoms with Gasteiger partial charge in [0.05, 0.1) is 12.3 Å². The minimum Gasteiger partial charge on any atom is -0.302 e. The third kappa shape index (κ3) is 4.22. The Morgan fingerprint density at radius 2 is 1.92 bits per heavy atom. The second-order valence-electron chi connectivity index (χ2n) is 4.02. The standard InChI is InChI=1S/C8H18FO2P/c1-6-12(9,10)11-7(2)8(3,4)5/h7H,6H2,1-5H3. The van der Waals surface area contributed by atoms with Crippen molar-refractivity contribution in [2.45, 2.75) is 40.7 Å². The molecule has 0 spiro atoms. The normalized spacial score (nSPS) is 20.2. The van der Waals surface area contributed by atoms with Gasteiger partial charge in [0.15, 0.2) is 0 Å². The first-order chi connectivity index (χ1) is 5.19. The first kappa shape index (κ1) is 12.1. The molecule has 2 unspecified atom stereocenters. The summed E-state index contributed by atoms with van der Waals surface area (Å²) in [4.78, 5) is 0. The van der Waals surface area contributed by atoms with E-state index in [4.69, 9.17) is 4.52 Å². The van der Waals surface area contributed by atoms with Crippen LogP contribution in [0.4, 0.5) is 4.20 Å². The molecule has 0 aromatic heterocycles.